The van der Waals surface area contributed by atoms with Gasteiger partial charge in [0.15, 0.2) is 0 Å². The van der Waals surface area contributed by atoms with E-state index in [-0.39, 0.29) is 6.42 Å². The van der Waals surface area contributed by atoms with Gasteiger partial charge >= 0.3 is 12.1 Å². The summed E-state index contributed by atoms with van der Waals surface area (Å²) in [6.07, 6.45) is 0.880. The van der Waals surface area contributed by atoms with E-state index in [2.05, 4.69) is 23.5 Å². The molecule has 0 spiro atoms. The standard InChI is InChI=1S/C10H19NO4.C8H8OS/c1-10(2,3)15-9(14)11-7-5-4-6-8(12)13;1-9-8-4-7-3-2-6(8)5-10-7/h4-7H2,1-3H3,(H,11,14)(H,12,13);2-4H,5H2,1H3. The number of carboxylic acids is 1. The van der Waals surface area contributed by atoms with Gasteiger partial charge in [0, 0.05) is 29.2 Å². The molecule has 0 aromatic heterocycles. The van der Waals surface area contributed by atoms with E-state index < -0.39 is 17.7 Å². The van der Waals surface area contributed by atoms with Gasteiger partial charge in [-0.2, -0.15) is 0 Å². The second-order valence-corrected chi connectivity index (χ2v) is 7.59. The van der Waals surface area contributed by atoms with Gasteiger partial charge in [-0.05, 0) is 45.7 Å². The molecule has 0 atom stereocenters. The fraction of sp³-hybridized carbons (Fsp3) is 0.556. The predicted octanol–water partition coefficient (Wildman–Crippen LogP) is 4.07. The van der Waals surface area contributed by atoms with E-state index in [1.54, 1.807) is 27.9 Å². The Morgan fingerprint density at radius 2 is 2.00 bits per heavy atom. The molecule has 0 aliphatic carbocycles. The number of carbonyl (C=O) groups excluding carboxylic acids is 1. The van der Waals surface area contributed by atoms with Crippen LogP contribution in [0.1, 0.15) is 45.6 Å². The van der Waals surface area contributed by atoms with Gasteiger partial charge in [-0.3, -0.25) is 4.79 Å². The largest absolute Gasteiger partial charge is 0.496 e. The van der Waals surface area contributed by atoms with Crippen LogP contribution in [-0.4, -0.2) is 36.4 Å². The molecule has 2 bridgehead atoms. The number of alkyl carbamates (subject to hydrolysis) is 1. The Balaban J connectivity index is 0.000000267. The Bertz CT molecular complexity index is 583. The van der Waals surface area contributed by atoms with Gasteiger partial charge < -0.3 is 19.9 Å². The third-order valence-corrected chi connectivity index (χ3v) is 4.18. The molecule has 0 saturated carbocycles. The average Bonchev–Trinajstić information content (AvgIpc) is 2.54. The minimum atomic E-state index is -0.813. The molecule has 1 aromatic carbocycles. The summed E-state index contributed by atoms with van der Waals surface area (Å²) in [6.45, 7) is 5.81. The van der Waals surface area contributed by atoms with E-state index in [9.17, 15) is 9.59 Å². The third kappa shape index (κ3) is 9.24. The summed E-state index contributed by atoms with van der Waals surface area (Å²) < 4.78 is 10.2. The average molecular weight is 369 g/mol. The van der Waals surface area contributed by atoms with Crippen LogP contribution in [0.15, 0.2) is 23.1 Å². The quantitative estimate of drug-likeness (QED) is 0.736. The number of amides is 1. The van der Waals surface area contributed by atoms with Crippen molar-refractivity contribution in [1.82, 2.24) is 5.32 Å². The molecule has 2 aliphatic heterocycles. The second-order valence-electron chi connectivity index (χ2n) is 6.54. The molecule has 7 heteroatoms. The fourth-order valence-electron chi connectivity index (χ4n) is 2.00. The van der Waals surface area contributed by atoms with Crippen molar-refractivity contribution in [3.8, 4) is 5.75 Å². The molecule has 0 fully saturated rings. The Kier molecular flexibility index (Phi) is 8.61. The number of carbonyl (C=O) groups is 2. The second kappa shape index (κ2) is 10.2. The lowest BCUT2D eigenvalue weighted by Gasteiger charge is -2.19. The molecule has 2 N–H and O–H groups in total. The molecule has 25 heavy (non-hydrogen) atoms. The highest BCUT2D eigenvalue weighted by Gasteiger charge is 2.15. The van der Waals surface area contributed by atoms with Crippen molar-refractivity contribution in [1.29, 1.82) is 0 Å². The Morgan fingerprint density at radius 1 is 1.28 bits per heavy atom. The van der Waals surface area contributed by atoms with E-state index in [0.29, 0.717) is 19.4 Å². The number of unbranched alkanes of at least 4 members (excludes halogenated alkanes) is 1. The molecule has 2 aliphatic rings. The number of aliphatic carboxylic acids is 1. The lowest BCUT2D eigenvalue weighted by molar-refractivity contribution is -0.137. The highest BCUT2D eigenvalue weighted by Crippen LogP contribution is 2.36. The van der Waals surface area contributed by atoms with Crippen LogP contribution in [0, 0.1) is 0 Å². The van der Waals surface area contributed by atoms with E-state index in [1.165, 1.54) is 10.5 Å². The van der Waals surface area contributed by atoms with Crippen molar-refractivity contribution in [2.75, 3.05) is 13.7 Å². The summed E-state index contributed by atoms with van der Waals surface area (Å²) in [5.41, 5.74) is 0.813. The summed E-state index contributed by atoms with van der Waals surface area (Å²) in [5.74, 6) is 1.30. The summed E-state index contributed by atoms with van der Waals surface area (Å²) in [4.78, 5) is 22.6. The lowest BCUT2D eigenvalue weighted by Crippen LogP contribution is -2.33. The first-order valence-corrected chi connectivity index (χ1v) is 9.18. The zero-order chi connectivity index (χ0) is 18.9. The maximum absolute atomic E-state index is 11.1. The van der Waals surface area contributed by atoms with Crippen LogP contribution in [0.25, 0.3) is 0 Å². The maximum Gasteiger partial charge on any atom is 0.407 e. The van der Waals surface area contributed by atoms with E-state index in [0.717, 1.165) is 11.5 Å². The Hall–Kier alpha value is -1.89. The van der Waals surface area contributed by atoms with E-state index in [1.807, 2.05) is 11.8 Å². The van der Waals surface area contributed by atoms with Crippen LogP contribution in [0.4, 0.5) is 4.79 Å². The highest BCUT2D eigenvalue weighted by atomic mass is 32.2. The Morgan fingerprint density at radius 3 is 2.40 bits per heavy atom. The summed E-state index contributed by atoms with van der Waals surface area (Å²) in [5, 5.41) is 10.9. The number of methoxy groups -OCH3 is 1. The smallest absolute Gasteiger partial charge is 0.407 e. The normalized spacial score (nSPS) is 12.0. The van der Waals surface area contributed by atoms with Gasteiger partial charge in [-0.25, -0.2) is 4.79 Å². The van der Waals surface area contributed by atoms with Crippen molar-refractivity contribution in [3.05, 3.63) is 23.8 Å². The number of nitrogens with one attached hydrogen (secondary N) is 1. The van der Waals surface area contributed by atoms with Crippen molar-refractivity contribution in [2.24, 2.45) is 0 Å². The molecule has 1 amide bonds. The molecule has 140 valence electrons. The molecule has 0 unspecified atom stereocenters. The molecule has 3 rings (SSSR count). The zero-order valence-corrected chi connectivity index (χ0v) is 16.1. The molecule has 1 aromatic rings. The third-order valence-electron chi connectivity index (χ3n) is 3.14. The number of ether oxygens (including phenoxy) is 2. The minimum absolute atomic E-state index is 0.135. The lowest BCUT2D eigenvalue weighted by atomic mass is 10.2. The molecule has 0 radical (unpaired) electrons. The van der Waals surface area contributed by atoms with Crippen LogP contribution in [0.3, 0.4) is 0 Å². The number of rotatable bonds is 6. The van der Waals surface area contributed by atoms with Crippen LogP contribution >= 0.6 is 11.8 Å². The minimum Gasteiger partial charge on any atom is -0.496 e. The monoisotopic (exact) mass is 369 g/mol. The Labute approximate surface area is 153 Å². The first kappa shape index (κ1) is 21.2. The van der Waals surface area contributed by atoms with Gasteiger partial charge in [0.2, 0.25) is 0 Å². The van der Waals surface area contributed by atoms with Crippen LogP contribution in [0.2, 0.25) is 0 Å². The molecule has 2 heterocycles. The van der Waals surface area contributed by atoms with Gasteiger partial charge in [-0.15, -0.1) is 11.8 Å². The highest BCUT2D eigenvalue weighted by molar-refractivity contribution is 7.98. The van der Waals surface area contributed by atoms with Crippen molar-refractivity contribution < 1.29 is 24.2 Å². The number of benzene rings is 1. The fourth-order valence-corrected chi connectivity index (χ4v) is 2.92. The van der Waals surface area contributed by atoms with Crippen LogP contribution < -0.4 is 10.1 Å². The van der Waals surface area contributed by atoms with Gasteiger partial charge in [0.25, 0.3) is 0 Å². The van der Waals surface area contributed by atoms with Crippen LogP contribution in [-0.2, 0) is 15.3 Å². The van der Waals surface area contributed by atoms with E-state index in [4.69, 9.17) is 14.6 Å². The molecule has 6 nitrogen and oxygen atoms in total. The number of carboxylic acid groups (broad SMARTS) is 1. The van der Waals surface area contributed by atoms with Gasteiger partial charge in [0.1, 0.15) is 11.4 Å². The summed E-state index contributed by atoms with van der Waals surface area (Å²) in [7, 11) is 1.72. The van der Waals surface area contributed by atoms with Gasteiger partial charge in [-0.1, -0.05) is 6.07 Å². The summed E-state index contributed by atoms with van der Waals surface area (Å²) >= 11 is 1.87. The summed E-state index contributed by atoms with van der Waals surface area (Å²) in [6, 6.07) is 6.35. The van der Waals surface area contributed by atoms with Gasteiger partial charge in [0.05, 0.1) is 7.11 Å². The van der Waals surface area contributed by atoms with Crippen molar-refractivity contribution >= 4 is 23.8 Å². The molecular formula is C18H27NO5S. The zero-order valence-electron chi connectivity index (χ0n) is 15.3. The number of hydrogen-bond acceptors (Lipinski definition) is 5. The van der Waals surface area contributed by atoms with Crippen molar-refractivity contribution in [2.45, 2.75) is 56.3 Å². The SMILES string of the molecule is CC(C)(C)OC(=O)NCCCCC(=O)O.COc1cc2ccc1CS2. The van der Waals surface area contributed by atoms with Crippen LogP contribution in [0.5, 0.6) is 5.75 Å². The van der Waals surface area contributed by atoms with E-state index >= 15 is 0 Å². The maximum atomic E-state index is 11.1. The first-order chi connectivity index (χ1) is 11.7. The molecule has 0 saturated heterocycles. The molecular weight excluding hydrogens is 342 g/mol. The number of hydrogen-bond donors (Lipinski definition) is 2. The number of fused-ring (bicyclic) bond motifs is 3. The van der Waals surface area contributed by atoms with Crippen molar-refractivity contribution in [3.63, 3.8) is 0 Å². The predicted molar refractivity (Wildman–Crippen MR) is 98.3 cm³/mol. The first-order valence-electron chi connectivity index (χ1n) is 8.19. The number of thioether (sulfide) groups is 1. The topological polar surface area (TPSA) is 84.9 Å².